The second-order valence-corrected chi connectivity index (χ2v) is 5.33. The molecule has 0 spiro atoms. The predicted octanol–water partition coefficient (Wildman–Crippen LogP) is 3.30. The summed E-state index contributed by atoms with van der Waals surface area (Å²) in [4.78, 5) is 16.0. The van der Waals surface area contributed by atoms with Crippen LogP contribution >= 0.6 is 15.9 Å². The molecule has 2 rings (SSSR count). The fraction of sp³-hybridized carbons (Fsp3) is 0.250. The van der Waals surface area contributed by atoms with Crippen LogP contribution in [0.2, 0.25) is 0 Å². The molecule has 1 unspecified atom stereocenters. The summed E-state index contributed by atoms with van der Waals surface area (Å²) in [5.41, 5.74) is 1.89. The molecule has 0 aliphatic carbocycles. The second kappa shape index (κ2) is 7.33. The van der Waals surface area contributed by atoms with Gasteiger partial charge in [-0.1, -0.05) is 18.2 Å². The lowest BCUT2D eigenvalue weighted by Crippen LogP contribution is -2.08. The van der Waals surface area contributed by atoms with Crippen molar-refractivity contribution in [1.82, 2.24) is 4.98 Å². The number of halogens is 1. The van der Waals surface area contributed by atoms with Gasteiger partial charge in [-0.25, -0.2) is 9.78 Å². The lowest BCUT2D eigenvalue weighted by atomic mass is 10.0. The third-order valence-corrected chi connectivity index (χ3v) is 3.40. The van der Waals surface area contributed by atoms with Gasteiger partial charge in [0.05, 0.1) is 18.3 Å². The number of hydrogen-bond acceptors (Lipinski definition) is 4. The molecule has 1 aromatic heterocycles. The van der Waals surface area contributed by atoms with Crippen LogP contribution < -0.4 is 0 Å². The summed E-state index contributed by atoms with van der Waals surface area (Å²) < 4.78 is 5.69. The molecule has 0 aliphatic rings. The van der Waals surface area contributed by atoms with E-state index in [0.29, 0.717) is 24.2 Å². The highest BCUT2D eigenvalue weighted by Gasteiger charge is 2.13. The Kier molecular flexibility index (Phi) is 5.47. The summed E-state index contributed by atoms with van der Waals surface area (Å²) in [6.07, 6.45) is -0.340. The van der Waals surface area contributed by atoms with Crippen molar-refractivity contribution < 1.29 is 14.6 Å². The third kappa shape index (κ3) is 4.37. The number of aromatic nitrogens is 1. The van der Waals surface area contributed by atoms with Crippen LogP contribution in [-0.2, 0) is 11.2 Å². The SMILES string of the molecule is CCOC(=O)c1cccc(C(O)Cc2cccc(Br)n2)c1. The molecule has 1 heterocycles. The van der Waals surface area contributed by atoms with Gasteiger partial charge in [0.15, 0.2) is 0 Å². The molecule has 0 saturated carbocycles. The average Bonchev–Trinajstić information content (AvgIpc) is 2.47. The normalized spacial score (nSPS) is 12.0. The molecular formula is C16H16BrNO3. The molecule has 0 fully saturated rings. The van der Waals surface area contributed by atoms with Crippen molar-refractivity contribution in [2.24, 2.45) is 0 Å². The number of benzene rings is 1. The maximum atomic E-state index is 11.7. The summed E-state index contributed by atoms with van der Waals surface area (Å²) >= 11 is 3.30. The number of hydrogen-bond donors (Lipinski definition) is 1. The van der Waals surface area contributed by atoms with E-state index < -0.39 is 6.10 Å². The molecule has 1 atom stereocenters. The summed E-state index contributed by atoms with van der Waals surface area (Å²) in [5.74, 6) is -0.382. The number of nitrogens with zero attached hydrogens (tertiary/aromatic N) is 1. The minimum absolute atomic E-state index is 0.327. The van der Waals surface area contributed by atoms with Gasteiger partial charge in [-0.05, 0) is 52.7 Å². The fourth-order valence-corrected chi connectivity index (χ4v) is 2.35. The summed E-state index contributed by atoms with van der Waals surface area (Å²) in [5, 5.41) is 10.3. The summed E-state index contributed by atoms with van der Waals surface area (Å²) in [7, 11) is 0. The molecule has 0 radical (unpaired) electrons. The molecule has 4 nitrogen and oxygen atoms in total. The van der Waals surface area contributed by atoms with Gasteiger partial charge in [-0.15, -0.1) is 0 Å². The number of carbonyl (C=O) groups is 1. The highest BCUT2D eigenvalue weighted by atomic mass is 79.9. The average molecular weight is 350 g/mol. The van der Waals surface area contributed by atoms with Crippen molar-refractivity contribution >= 4 is 21.9 Å². The highest BCUT2D eigenvalue weighted by Crippen LogP contribution is 2.20. The number of pyridine rings is 1. The first-order chi connectivity index (χ1) is 10.1. The topological polar surface area (TPSA) is 59.4 Å². The number of rotatable bonds is 5. The Bertz CT molecular complexity index is 630. The van der Waals surface area contributed by atoms with Crippen LogP contribution in [0.3, 0.4) is 0 Å². The Morgan fingerprint density at radius 2 is 2.10 bits per heavy atom. The van der Waals surface area contributed by atoms with Crippen LogP contribution in [0.4, 0.5) is 0 Å². The molecular weight excluding hydrogens is 334 g/mol. The molecule has 0 amide bonds. The first-order valence-electron chi connectivity index (χ1n) is 6.66. The minimum Gasteiger partial charge on any atom is -0.462 e. The second-order valence-electron chi connectivity index (χ2n) is 4.52. The van der Waals surface area contributed by atoms with E-state index in [4.69, 9.17) is 4.74 Å². The molecule has 21 heavy (non-hydrogen) atoms. The van der Waals surface area contributed by atoms with Crippen molar-refractivity contribution in [3.05, 3.63) is 63.9 Å². The van der Waals surface area contributed by atoms with Gasteiger partial charge in [0.2, 0.25) is 0 Å². The van der Waals surface area contributed by atoms with Gasteiger partial charge in [0.25, 0.3) is 0 Å². The quantitative estimate of drug-likeness (QED) is 0.664. The van der Waals surface area contributed by atoms with E-state index in [1.54, 1.807) is 31.2 Å². The Balaban J connectivity index is 2.14. The van der Waals surface area contributed by atoms with Crippen LogP contribution in [0.25, 0.3) is 0 Å². The zero-order valence-electron chi connectivity index (χ0n) is 11.6. The number of esters is 1. The van der Waals surface area contributed by atoms with Gasteiger partial charge in [0, 0.05) is 12.1 Å². The molecule has 5 heteroatoms. The maximum Gasteiger partial charge on any atom is 0.338 e. The highest BCUT2D eigenvalue weighted by molar-refractivity contribution is 9.10. The third-order valence-electron chi connectivity index (χ3n) is 2.96. The van der Waals surface area contributed by atoms with Crippen molar-refractivity contribution in [1.29, 1.82) is 0 Å². The molecule has 0 aliphatic heterocycles. The molecule has 1 aromatic carbocycles. The minimum atomic E-state index is -0.721. The fourth-order valence-electron chi connectivity index (χ4n) is 1.97. The van der Waals surface area contributed by atoms with Crippen LogP contribution in [0.15, 0.2) is 47.1 Å². The molecule has 2 aromatic rings. The predicted molar refractivity (Wildman–Crippen MR) is 83.0 cm³/mol. The van der Waals surface area contributed by atoms with Crippen molar-refractivity contribution in [2.75, 3.05) is 6.61 Å². The largest absolute Gasteiger partial charge is 0.462 e. The Morgan fingerprint density at radius 1 is 1.33 bits per heavy atom. The number of aliphatic hydroxyl groups is 1. The smallest absolute Gasteiger partial charge is 0.338 e. The Hall–Kier alpha value is -1.72. The van der Waals surface area contributed by atoms with Crippen LogP contribution in [0.1, 0.15) is 34.6 Å². The van der Waals surface area contributed by atoms with E-state index in [9.17, 15) is 9.90 Å². The molecule has 1 N–H and O–H groups in total. The standard InChI is InChI=1S/C16H16BrNO3/c1-2-21-16(20)12-6-3-5-11(9-12)14(19)10-13-7-4-8-15(17)18-13/h3-9,14,19H,2,10H2,1H3. The lowest BCUT2D eigenvalue weighted by molar-refractivity contribution is 0.0526. The van der Waals surface area contributed by atoms with Gasteiger partial charge in [-0.2, -0.15) is 0 Å². The number of carbonyl (C=O) groups excluding carboxylic acids is 1. The Morgan fingerprint density at radius 3 is 2.81 bits per heavy atom. The van der Waals surface area contributed by atoms with E-state index in [1.807, 2.05) is 18.2 Å². The molecule has 0 saturated heterocycles. The summed E-state index contributed by atoms with van der Waals surface area (Å²) in [6, 6.07) is 12.4. The molecule has 0 bridgehead atoms. The lowest BCUT2D eigenvalue weighted by Gasteiger charge is -2.12. The monoisotopic (exact) mass is 349 g/mol. The van der Waals surface area contributed by atoms with E-state index in [-0.39, 0.29) is 5.97 Å². The zero-order chi connectivity index (χ0) is 15.2. The first-order valence-corrected chi connectivity index (χ1v) is 7.46. The van der Waals surface area contributed by atoms with Crippen LogP contribution in [0, 0.1) is 0 Å². The number of ether oxygens (including phenoxy) is 1. The van der Waals surface area contributed by atoms with Crippen molar-refractivity contribution in [2.45, 2.75) is 19.4 Å². The maximum absolute atomic E-state index is 11.7. The van der Waals surface area contributed by atoms with Crippen LogP contribution in [0.5, 0.6) is 0 Å². The first kappa shape index (κ1) is 15.7. The van der Waals surface area contributed by atoms with Gasteiger partial charge >= 0.3 is 5.97 Å². The van der Waals surface area contributed by atoms with E-state index in [0.717, 1.165) is 10.3 Å². The van der Waals surface area contributed by atoms with E-state index >= 15 is 0 Å². The Labute approximate surface area is 131 Å². The van der Waals surface area contributed by atoms with Crippen molar-refractivity contribution in [3.63, 3.8) is 0 Å². The van der Waals surface area contributed by atoms with E-state index in [1.165, 1.54) is 0 Å². The van der Waals surface area contributed by atoms with Gasteiger partial charge in [0.1, 0.15) is 4.60 Å². The van der Waals surface area contributed by atoms with Crippen LogP contribution in [-0.4, -0.2) is 22.7 Å². The number of aliphatic hydroxyl groups excluding tert-OH is 1. The zero-order valence-corrected chi connectivity index (χ0v) is 13.2. The molecule has 110 valence electrons. The van der Waals surface area contributed by atoms with Gasteiger partial charge in [-0.3, -0.25) is 0 Å². The van der Waals surface area contributed by atoms with E-state index in [2.05, 4.69) is 20.9 Å². The summed E-state index contributed by atoms with van der Waals surface area (Å²) in [6.45, 7) is 2.09. The van der Waals surface area contributed by atoms with Crippen molar-refractivity contribution in [3.8, 4) is 0 Å². The van der Waals surface area contributed by atoms with Gasteiger partial charge < -0.3 is 9.84 Å².